The highest BCUT2D eigenvalue weighted by Crippen LogP contribution is 2.56. The molecule has 1 atom stereocenters. The second kappa shape index (κ2) is 9.63. The van der Waals surface area contributed by atoms with Gasteiger partial charge in [-0.05, 0) is 45.1 Å². The maximum absolute atomic E-state index is 13.6. The molecule has 1 aliphatic carbocycles. The van der Waals surface area contributed by atoms with Crippen molar-refractivity contribution >= 4 is 25.3 Å². The predicted octanol–water partition coefficient (Wildman–Crippen LogP) is 3.23. The Hall–Kier alpha value is -2.02. The van der Waals surface area contributed by atoms with Gasteiger partial charge < -0.3 is 19.4 Å². The van der Waals surface area contributed by atoms with Crippen LogP contribution in [0.15, 0.2) is 30.3 Å². The Bertz CT molecular complexity index is 856. The number of hydrogen-bond acceptors (Lipinski definition) is 5. The zero-order valence-electron chi connectivity index (χ0n) is 18.5. The molecule has 9 heteroatoms. The number of carbonyl (C=O) groups is 3. The lowest BCUT2D eigenvalue weighted by molar-refractivity contribution is -0.155. The van der Waals surface area contributed by atoms with Gasteiger partial charge >= 0.3 is 13.6 Å². The van der Waals surface area contributed by atoms with Crippen LogP contribution in [0.25, 0.3) is 0 Å². The maximum atomic E-state index is 13.6. The van der Waals surface area contributed by atoms with Gasteiger partial charge in [-0.3, -0.25) is 18.9 Å². The van der Waals surface area contributed by atoms with E-state index in [-0.39, 0.29) is 19.4 Å². The molecule has 1 aliphatic rings. The number of benzene rings is 1. The molecule has 0 aromatic heterocycles. The molecular formula is C22H32NO7P. The number of hydrogen-bond donors (Lipinski definition) is 2. The third-order valence-electron chi connectivity index (χ3n) is 6.40. The molecule has 1 fully saturated rings. The normalized spacial score (nSPS) is 16.3. The summed E-state index contributed by atoms with van der Waals surface area (Å²) in [6.07, 6.45) is 0.527. The first-order valence-electron chi connectivity index (χ1n) is 10.6. The molecule has 2 rings (SSSR count). The fourth-order valence-corrected chi connectivity index (χ4v) is 5.15. The summed E-state index contributed by atoms with van der Waals surface area (Å²) in [6, 6.07) is 8.32. The summed E-state index contributed by atoms with van der Waals surface area (Å²) in [5.74, 6) is -1.85. The van der Waals surface area contributed by atoms with Crippen molar-refractivity contribution in [2.45, 2.75) is 64.6 Å². The number of esters is 1. The molecule has 0 spiro atoms. The van der Waals surface area contributed by atoms with Crippen LogP contribution in [-0.4, -0.2) is 50.7 Å². The molecule has 0 saturated heterocycles. The van der Waals surface area contributed by atoms with E-state index in [0.29, 0.717) is 12.8 Å². The minimum absolute atomic E-state index is 0.0815. The number of amides is 1. The number of ketones is 1. The average Bonchev–Trinajstić information content (AvgIpc) is 3.54. The lowest BCUT2D eigenvalue weighted by atomic mass is 9.95. The van der Waals surface area contributed by atoms with Gasteiger partial charge in [-0.2, -0.15) is 0 Å². The summed E-state index contributed by atoms with van der Waals surface area (Å²) in [5.41, 5.74) is -0.551. The Morgan fingerprint density at radius 3 is 2.10 bits per heavy atom. The molecule has 0 heterocycles. The molecule has 172 valence electrons. The monoisotopic (exact) mass is 453 g/mol. The molecular weight excluding hydrogens is 421 g/mol. The van der Waals surface area contributed by atoms with E-state index in [2.05, 4.69) is 0 Å². The summed E-state index contributed by atoms with van der Waals surface area (Å²) >= 11 is 0. The molecule has 2 N–H and O–H groups in total. The molecule has 0 radical (unpaired) electrons. The Morgan fingerprint density at radius 1 is 1.13 bits per heavy atom. The van der Waals surface area contributed by atoms with Crippen LogP contribution in [0, 0.1) is 5.41 Å². The second-order valence-electron chi connectivity index (χ2n) is 8.03. The molecule has 1 saturated carbocycles. The number of rotatable bonds is 11. The van der Waals surface area contributed by atoms with Crippen molar-refractivity contribution in [3.8, 4) is 0 Å². The first kappa shape index (κ1) is 25.2. The zero-order valence-corrected chi connectivity index (χ0v) is 19.4. The first-order chi connectivity index (χ1) is 14.5. The Labute approximate surface area is 183 Å². The Balaban J connectivity index is 2.47. The molecule has 8 nitrogen and oxygen atoms in total. The molecule has 1 aromatic carbocycles. The highest BCUT2D eigenvalue weighted by atomic mass is 31.2. The van der Waals surface area contributed by atoms with E-state index in [1.54, 1.807) is 52.0 Å². The van der Waals surface area contributed by atoms with Crippen molar-refractivity contribution < 1.29 is 33.5 Å². The number of nitrogens with zero attached hydrogens (tertiary/aromatic N) is 1. The smallest absolute Gasteiger partial charge is 0.340 e. The molecule has 1 unspecified atom stereocenters. The quantitative estimate of drug-likeness (QED) is 0.300. The van der Waals surface area contributed by atoms with Crippen molar-refractivity contribution in [1.29, 1.82) is 0 Å². The Morgan fingerprint density at radius 2 is 1.68 bits per heavy atom. The van der Waals surface area contributed by atoms with Gasteiger partial charge in [-0.15, -0.1) is 0 Å². The van der Waals surface area contributed by atoms with Crippen LogP contribution in [0.4, 0.5) is 0 Å². The van der Waals surface area contributed by atoms with Crippen LogP contribution >= 0.6 is 7.60 Å². The molecule has 31 heavy (non-hydrogen) atoms. The standard InChI is InChI=1S/C22H32NO7P/c1-5-22(6-2,31(27,28)29)19(25)23(16(4)17-11-9-8-10-12-17)15-18(24)21(13-14-21)20(26)30-7-3/h8-12,16H,5-7,13-15H2,1-4H3,(H2,27,28,29). The van der Waals surface area contributed by atoms with E-state index in [1.165, 1.54) is 4.90 Å². The van der Waals surface area contributed by atoms with Crippen molar-refractivity contribution in [2.24, 2.45) is 5.41 Å². The molecule has 0 aliphatic heterocycles. The van der Waals surface area contributed by atoms with Gasteiger partial charge in [0, 0.05) is 0 Å². The minimum Gasteiger partial charge on any atom is -0.465 e. The van der Waals surface area contributed by atoms with Crippen molar-refractivity contribution in [2.75, 3.05) is 13.2 Å². The fraction of sp³-hybridized carbons (Fsp3) is 0.591. The topological polar surface area (TPSA) is 121 Å². The molecule has 1 aromatic rings. The molecule has 0 bridgehead atoms. The van der Waals surface area contributed by atoms with Crippen molar-refractivity contribution in [1.82, 2.24) is 4.90 Å². The fourth-order valence-electron chi connectivity index (χ4n) is 3.95. The van der Waals surface area contributed by atoms with E-state index >= 15 is 0 Å². The summed E-state index contributed by atoms with van der Waals surface area (Å²) in [7, 11) is -4.84. The van der Waals surface area contributed by atoms with E-state index in [1.807, 2.05) is 6.07 Å². The summed E-state index contributed by atoms with van der Waals surface area (Å²) in [6.45, 7) is 6.19. The van der Waals surface area contributed by atoms with Gasteiger partial charge in [-0.1, -0.05) is 44.2 Å². The van der Waals surface area contributed by atoms with Crippen LogP contribution in [0.2, 0.25) is 0 Å². The van der Waals surface area contributed by atoms with E-state index in [4.69, 9.17) is 4.74 Å². The predicted molar refractivity (Wildman–Crippen MR) is 115 cm³/mol. The average molecular weight is 453 g/mol. The van der Waals surface area contributed by atoms with Gasteiger partial charge in [0.25, 0.3) is 0 Å². The second-order valence-corrected chi connectivity index (χ2v) is 9.97. The third-order valence-corrected chi connectivity index (χ3v) is 8.34. The Kier molecular flexibility index (Phi) is 7.84. The van der Waals surface area contributed by atoms with Crippen LogP contribution in [0.3, 0.4) is 0 Å². The highest BCUT2D eigenvalue weighted by molar-refractivity contribution is 7.54. The number of ether oxygens (including phenoxy) is 1. The first-order valence-corrected chi connectivity index (χ1v) is 12.2. The number of Topliss-reactive ketones (excluding diaryl/α,β-unsaturated/α-hetero) is 1. The minimum atomic E-state index is -4.84. The van der Waals surface area contributed by atoms with Crippen LogP contribution < -0.4 is 0 Å². The van der Waals surface area contributed by atoms with Gasteiger partial charge in [0.2, 0.25) is 5.91 Å². The van der Waals surface area contributed by atoms with E-state index in [9.17, 15) is 28.7 Å². The van der Waals surface area contributed by atoms with Crippen LogP contribution in [-0.2, 0) is 23.7 Å². The van der Waals surface area contributed by atoms with E-state index in [0.717, 1.165) is 5.56 Å². The SMILES string of the molecule is CCOC(=O)C1(C(=O)CN(C(=O)C(CC)(CC)P(=O)(O)O)C(C)c2ccccc2)CC1. The number of carbonyl (C=O) groups excluding carboxylic acids is 3. The van der Waals surface area contributed by atoms with Gasteiger partial charge in [0.1, 0.15) is 10.6 Å². The lowest BCUT2D eigenvalue weighted by Crippen LogP contribution is -2.51. The largest absolute Gasteiger partial charge is 0.465 e. The zero-order chi connectivity index (χ0) is 23.4. The van der Waals surface area contributed by atoms with E-state index < -0.39 is 48.4 Å². The lowest BCUT2D eigenvalue weighted by Gasteiger charge is -2.39. The maximum Gasteiger partial charge on any atom is 0.340 e. The summed E-state index contributed by atoms with van der Waals surface area (Å²) in [4.78, 5) is 60.5. The van der Waals surface area contributed by atoms with Gasteiger partial charge in [0.05, 0.1) is 19.2 Å². The van der Waals surface area contributed by atoms with Gasteiger partial charge in [-0.25, -0.2) is 0 Å². The van der Waals surface area contributed by atoms with Gasteiger partial charge in [0.15, 0.2) is 5.78 Å². The highest BCUT2D eigenvalue weighted by Gasteiger charge is 2.59. The van der Waals surface area contributed by atoms with Crippen molar-refractivity contribution in [3.63, 3.8) is 0 Å². The summed E-state index contributed by atoms with van der Waals surface area (Å²) in [5, 5.41) is -1.93. The summed E-state index contributed by atoms with van der Waals surface area (Å²) < 4.78 is 17.5. The molecule has 1 amide bonds. The van der Waals surface area contributed by atoms with Crippen LogP contribution in [0.5, 0.6) is 0 Å². The van der Waals surface area contributed by atoms with Crippen LogP contribution in [0.1, 0.15) is 65.0 Å². The third kappa shape index (κ3) is 4.76. The van der Waals surface area contributed by atoms with Crippen molar-refractivity contribution in [3.05, 3.63) is 35.9 Å².